The van der Waals surface area contributed by atoms with Crippen LogP contribution in [0.25, 0.3) is 0 Å². The van der Waals surface area contributed by atoms with Crippen LogP contribution in [-0.4, -0.2) is 16.0 Å². The van der Waals surface area contributed by atoms with Crippen LogP contribution in [0.1, 0.15) is 19.2 Å². The van der Waals surface area contributed by atoms with Crippen molar-refractivity contribution < 1.29 is 0 Å². The van der Waals surface area contributed by atoms with Crippen molar-refractivity contribution in [3.63, 3.8) is 0 Å². The molecule has 3 heteroatoms. The summed E-state index contributed by atoms with van der Waals surface area (Å²) in [7, 11) is 0. The molecule has 1 heterocycles. The summed E-state index contributed by atoms with van der Waals surface area (Å²) in [5.74, 6) is 1.03. The zero-order valence-corrected chi connectivity index (χ0v) is 6.17. The first-order valence-electron chi connectivity index (χ1n) is 3.53. The van der Waals surface area contributed by atoms with Crippen molar-refractivity contribution in [1.29, 1.82) is 0 Å². The smallest absolute Gasteiger partial charge is 0.106 e. The van der Waals surface area contributed by atoms with Gasteiger partial charge >= 0.3 is 0 Å². The Balaban J connectivity index is 2.28. The first kappa shape index (κ1) is 7.28. The Hall–Kier alpha value is -0.830. The molecule has 1 aromatic rings. The Morgan fingerprint density at radius 2 is 2.60 bits per heavy atom. The van der Waals surface area contributed by atoms with E-state index in [1.807, 2.05) is 13.1 Å². The third kappa shape index (κ3) is 2.19. The lowest BCUT2D eigenvalue weighted by Crippen LogP contribution is -2.15. The lowest BCUT2D eigenvalue weighted by molar-refractivity contribution is 0.651. The maximum absolute atomic E-state index is 5.57. The maximum Gasteiger partial charge on any atom is 0.106 e. The fourth-order valence-corrected chi connectivity index (χ4v) is 0.799. The first-order valence-corrected chi connectivity index (χ1v) is 3.53. The summed E-state index contributed by atoms with van der Waals surface area (Å²) in [6, 6.07) is 0.269. The Morgan fingerprint density at radius 3 is 3.10 bits per heavy atom. The van der Waals surface area contributed by atoms with Crippen LogP contribution in [0.15, 0.2) is 12.4 Å². The van der Waals surface area contributed by atoms with Gasteiger partial charge in [0.1, 0.15) is 5.82 Å². The van der Waals surface area contributed by atoms with E-state index in [4.69, 9.17) is 5.73 Å². The zero-order chi connectivity index (χ0) is 7.40. The second kappa shape index (κ2) is 3.37. The fraction of sp³-hybridized carbons (Fsp3) is 0.571. The van der Waals surface area contributed by atoms with Crippen molar-refractivity contribution >= 4 is 0 Å². The third-order valence-electron chi connectivity index (χ3n) is 1.39. The van der Waals surface area contributed by atoms with Gasteiger partial charge in [0, 0.05) is 24.9 Å². The maximum atomic E-state index is 5.57. The summed E-state index contributed by atoms with van der Waals surface area (Å²) in [4.78, 5) is 7.10. The van der Waals surface area contributed by atoms with Crippen molar-refractivity contribution in [2.75, 3.05) is 0 Å². The molecular weight excluding hydrogens is 126 g/mol. The molecule has 1 aromatic heterocycles. The molecule has 0 amide bonds. The number of H-pyrrole nitrogens is 1. The van der Waals surface area contributed by atoms with E-state index >= 15 is 0 Å². The van der Waals surface area contributed by atoms with Crippen LogP contribution in [0.4, 0.5) is 0 Å². The van der Waals surface area contributed by atoms with Gasteiger partial charge in [0.2, 0.25) is 0 Å². The monoisotopic (exact) mass is 139 g/mol. The molecule has 10 heavy (non-hydrogen) atoms. The summed E-state index contributed by atoms with van der Waals surface area (Å²) in [5, 5.41) is 0. The number of aromatic nitrogens is 2. The van der Waals surface area contributed by atoms with Crippen molar-refractivity contribution in [3.05, 3.63) is 18.2 Å². The Morgan fingerprint density at radius 1 is 1.80 bits per heavy atom. The summed E-state index contributed by atoms with van der Waals surface area (Å²) in [6.45, 7) is 2.00. The lowest BCUT2D eigenvalue weighted by Gasteiger charge is -2.00. The van der Waals surface area contributed by atoms with E-state index in [9.17, 15) is 0 Å². The highest BCUT2D eigenvalue weighted by Crippen LogP contribution is 1.96. The molecule has 0 spiro atoms. The molecule has 0 aromatic carbocycles. The van der Waals surface area contributed by atoms with E-state index < -0.39 is 0 Å². The molecule has 1 atom stereocenters. The van der Waals surface area contributed by atoms with Crippen LogP contribution in [0.3, 0.4) is 0 Å². The van der Waals surface area contributed by atoms with Crippen LogP contribution in [0.2, 0.25) is 0 Å². The second-order valence-electron chi connectivity index (χ2n) is 2.55. The van der Waals surface area contributed by atoms with Crippen molar-refractivity contribution in [2.24, 2.45) is 5.73 Å². The molecule has 0 aliphatic carbocycles. The number of imidazole rings is 1. The highest BCUT2D eigenvalue weighted by atomic mass is 14.9. The molecule has 3 nitrogen and oxygen atoms in total. The minimum Gasteiger partial charge on any atom is -0.349 e. The van der Waals surface area contributed by atoms with Gasteiger partial charge in [-0.1, -0.05) is 0 Å². The van der Waals surface area contributed by atoms with Gasteiger partial charge in [-0.3, -0.25) is 0 Å². The minimum absolute atomic E-state index is 0.269. The minimum atomic E-state index is 0.269. The second-order valence-corrected chi connectivity index (χ2v) is 2.55. The Bertz CT molecular complexity index is 167. The van der Waals surface area contributed by atoms with Crippen molar-refractivity contribution in [3.8, 4) is 0 Å². The van der Waals surface area contributed by atoms with Gasteiger partial charge in [-0.2, -0.15) is 0 Å². The normalized spacial score (nSPS) is 13.4. The van der Waals surface area contributed by atoms with E-state index in [-0.39, 0.29) is 6.04 Å². The van der Waals surface area contributed by atoms with Gasteiger partial charge in [-0.15, -0.1) is 0 Å². The van der Waals surface area contributed by atoms with E-state index in [0.29, 0.717) is 0 Å². The van der Waals surface area contributed by atoms with E-state index in [1.54, 1.807) is 6.20 Å². The Kier molecular flexibility index (Phi) is 2.45. The van der Waals surface area contributed by atoms with Gasteiger partial charge in [-0.05, 0) is 13.3 Å². The summed E-state index contributed by atoms with van der Waals surface area (Å²) in [5.41, 5.74) is 5.57. The summed E-state index contributed by atoms with van der Waals surface area (Å²) < 4.78 is 0. The molecule has 0 aliphatic heterocycles. The third-order valence-corrected chi connectivity index (χ3v) is 1.39. The average molecular weight is 139 g/mol. The number of nitrogens with two attached hydrogens (primary N) is 1. The summed E-state index contributed by atoms with van der Waals surface area (Å²) >= 11 is 0. The number of aromatic amines is 1. The highest BCUT2D eigenvalue weighted by molar-refractivity contribution is 4.87. The SMILES string of the molecule is CC(N)CCc1ncc[nH]1. The van der Waals surface area contributed by atoms with Crippen molar-refractivity contribution in [1.82, 2.24) is 9.97 Å². The van der Waals surface area contributed by atoms with E-state index in [0.717, 1.165) is 18.7 Å². The molecular formula is C7H13N3. The number of hydrogen-bond donors (Lipinski definition) is 2. The quantitative estimate of drug-likeness (QED) is 0.647. The van der Waals surface area contributed by atoms with Gasteiger partial charge in [0.15, 0.2) is 0 Å². The number of rotatable bonds is 3. The molecule has 0 saturated heterocycles. The zero-order valence-electron chi connectivity index (χ0n) is 6.17. The molecule has 0 saturated carbocycles. The number of nitrogens with one attached hydrogen (secondary N) is 1. The van der Waals surface area contributed by atoms with Crippen LogP contribution < -0.4 is 5.73 Å². The number of aryl methyl sites for hydroxylation is 1. The van der Waals surface area contributed by atoms with Crippen LogP contribution in [0, 0.1) is 0 Å². The average Bonchev–Trinajstić information content (AvgIpc) is 2.34. The van der Waals surface area contributed by atoms with Gasteiger partial charge in [0.25, 0.3) is 0 Å². The molecule has 0 bridgehead atoms. The molecule has 3 N–H and O–H groups in total. The molecule has 1 unspecified atom stereocenters. The molecule has 1 rings (SSSR count). The highest BCUT2D eigenvalue weighted by Gasteiger charge is 1.96. The fourth-order valence-electron chi connectivity index (χ4n) is 0.799. The van der Waals surface area contributed by atoms with Gasteiger partial charge in [0.05, 0.1) is 0 Å². The first-order chi connectivity index (χ1) is 4.79. The van der Waals surface area contributed by atoms with Gasteiger partial charge < -0.3 is 10.7 Å². The summed E-state index contributed by atoms with van der Waals surface area (Å²) in [6.07, 6.45) is 5.53. The van der Waals surface area contributed by atoms with Gasteiger partial charge in [-0.25, -0.2) is 4.98 Å². The van der Waals surface area contributed by atoms with Crippen LogP contribution in [-0.2, 0) is 6.42 Å². The van der Waals surface area contributed by atoms with E-state index in [1.165, 1.54) is 0 Å². The van der Waals surface area contributed by atoms with Crippen molar-refractivity contribution in [2.45, 2.75) is 25.8 Å². The topological polar surface area (TPSA) is 54.7 Å². The van der Waals surface area contributed by atoms with Crippen LogP contribution >= 0.6 is 0 Å². The number of hydrogen-bond acceptors (Lipinski definition) is 2. The predicted molar refractivity (Wildman–Crippen MR) is 40.6 cm³/mol. The lowest BCUT2D eigenvalue weighted by atomic mass is 10.2. The largest absolute Gasteiger partial charge is 0.349 e. The number of nitrogens with zero attached hydrogens (tertiary/aromatic N) is 1. The van der Waals surface area contributed by atoms with E-state index in [2.05, 4.69) is 9.97 Å². The molecule has 0 fully saturated rings. The molecule has 56 valence electrons. The molecule has 0 aliphatic rings. The van der Waals surface area contributed by atoms with Crippen LogP contribution in [0.5, 0.6) is 0 Å². The standard InChI is InChI=1S/C7H13N3/c1-6(8)2-3-7-9-4-5-10-7/h4-6H,2-3,8H2,1H3,(H,9,10). The molecule has 0 radical (unpaired) electrons. The predicted octanol–water partition coefficient (Wildman–Crippen LogP) is 0.690. The Labute approximate surface area is 60.7 Å².